The SMILES string of the molecule is CC(NC(=O)c1ccc(N)nc1)c1ccco1. The highest BCUT2D eigenvalue weighted by atomic mass is 16.3. The predicted molar refractivity (Wildman–Crippen MR) is 63.2 cm³/mol. The van der Waals surface area contributed by atoms with Crippen LogP contribution < -0.4 is 11.1 Å². The quantitative estimate of drug-likeness (QED) is 0.843. The highest BCUT2D eigenvalue weighted by Gasteiger charge is 2.13. The monoisotopic (exact) mass is 231 g/mol. The minimum atomic E-state index is -0.207. The van der Waals surface area contributed by atoms with Gasteiger partial charge in [-0.2, -0.15) is 0 Å². The van der Waals surface area contributed by atoms with Crippen molar-refractivity contribution in [3.8, 4) is 0 Å². The average Bonchev–Trinajstić information content (AvgIpc) is 2.83. The Morgan fingerprint density at radius 2 is 2.29 bits per heavy atom. The van der Waals surface area contributed by atoms with Gasteiger partial charge in [0.2, 0.25) is 0 Å². The summed E-state index contributed by atoms with van der Waals surface area (Å²) in [5.74, 6) is 0.892. The lowest BCUT2D eigenvalue weighted by atomic mass is 10.2. The number of hydrogen-bond acceptors (Lipinski definition) is 4. The van der Waals surface area contributed by atoms with Crippen molar-refractivity contribution in [2.75, 3.05) is 5.73 Å². The number of hydrogen-bond donors (Lipinski definition) is 2. The number of amides is 1. The van der Waals surface area contributed by atoms with Crippen molar-refractivity contribution >= 4 is 11.7 Å². The van der Waals surface area contributed by atoms with Crippen LogP contribution in [0.1, 0.15) is 29.1 Å². The van der Waals surface area contributed by atoms with E-state index in [1.165, 1.54) is 6.20 Å². The third kappa shape index (κ3) is 2.63. The lowest BCUT2D eigenvalue weighted by Gasteiger charge is -2.11. The Labute approximate surface area is 98.6 Å². The maximum atomic E-state index is 11.8. The third-order valence-electron chi connectivity index (χ3n) is 2.37. The van der Waals surface area contributed by atoms with Gasteiger partial charge in [0.1, 0.15) is 11.6 Å². The maximum Gasteiger partial charge on any atom is 0.253 e. The topological polar surface area (TPSA) is 81.2 Å². The van der Waals surface area contributed by atoms with Crippen molar-refractivity contribution in [2.45, 2.75) is 13.0 Å². The summed E-state index contributed by atoms with van der Waals surface area (Å²) < 4.78 is 5.20. The Balaban J connectivity index is 2.04. The van der Waals surface area contributed by atoms with E-state index in [2.05, 4.69) is 10.3 Å². The van der Waals surface area contributed by atoms with Gasteiger partial charge in [-0.1, -0.05) is 0 Å². The molecule has 0 aliphatic carbocycles. The molecule has 3 N–H and O–H groups in total. The van der Waals surface area contributed by atoms with E-state index < -0.39 is 0 Å². The summed E-state index contributed by atoms with van der Waals surface area (Å²) in [6.45, 7) is 1.85. The molecule has 0 spiro atoms. The first-order valence-electron chi connectivity index (χ1n) is 5.22. The molecule has 2 heterocycles. The van der Waals surface area contributed by atoms with Gasteiger partial charge in [-0.15, -0.1) is 0 Å². The molecular formula is C12H13N3O2. The van der Waals surface area contributed by atoms with Crippen LogP contribution in [0.25, 0.3) is 0 Å². The molecule has 17 heavy (non-hydrogen) atoms. The molecule has 1 unspecified atom stereocenters. The molecule has 88 valence electrons. The van der Waals surface area contributed by atoms with Crippen LogP contribution in [0.2, 0.25) is 0 Å². The average molecular weight is 231 g/mol. The molecular weight excluding hydrogens is 218 g/mol. The van der Waals surface area contributed by atoms with Crippen LogP contribution in [-0.2, 0) is 0 Å². The number of carbonyl (C=O) groups is 1. The molecule has 1 atom stereocenters. The Morgan fingerprint density at radius 1 is 1.47 bits per heavy atom. The number of pyridine rings is 1. The zero-order valence-corrected chi connectivity index (χ0v) is 9.38. The van der Waals surface area contributed by atoms with Crippen LogP contribution in [0.5, 0.6) is 0 Å². The Hall–Kier alpha value is -2.30. The van der Waals surface area contributed by atoms with Crippen molar-refractivity contribution in [3.63, 3.8) is 0 Å². The van der Waals surface area contributed by atoms with Gasteiger partial charge in [0.15, 0.2) is 0 Å². The summed E-state index contributed by atoms with van der Waals surface area (Å²) in [5, 5.41) is 2.80. The minimum Gasteiger partial charge on any atom is -0.467 e. The Morgan fingerprint density at radius 3 is 2.88 bits per heavy atom. The molecule has 0 bridgehead atoms. The van der Waals surface area contributed by atoms with E-state index in [1.54, 1.807) is 24.5 Å². The molecule has 5 heteroatoms. The van der Waals surface area contributed by atoms with Gasteiger partial charge in [0, 0.05) is 6.20 Å². The van der Waals surface area contributed by atoms with Gasteiger partial charge in [0.05, 0.1) is 17.9 Å². The number of anilines is 1. The zero-order valence-electron chi connectivity index (χ0n) is 9.38. The van der Waals surface area contributed by atoms with Gasteiger partial charge < -0.3 is 15.5 Å². The van der Waals surface area contributed by atoms with E-state index in [4.69, 9.17) is 10.2 Å². The molecule has 0 aliphatic heterocycles. The molecule has 2 aromatic heterocycles. The molecule has 0 aliphatic rings. The first-order valence-corrected chi connectivity index (χ1v) is 5.22. The van der Waals surface area contributed by atoms with Crippen LogP contribution >= 0.6 is 0 Å². The molecule has 0 saturated carbocycles. The molecule has 5 nitrogen and oxygen atoms in total. The second kappa shape index (κ2) is 4.69. The standard InChI is InChI=1S/C12H13N3O2/c1-8(10-3-2-6-17-10)15-12(16)9-4-5-11(13)14-7-9/h2-8H,1H3,(H2,13,14)(H,15,16). The van der Waals surface area contributed by atoms with Crippen LogP contribution in [0.3, 0.4) is 0 Å². The van der Waals surface area contributed by atoms with Crippen molar-refractivity contribution in [2.24, 2.45) is 0 Å². The maximum absolute atomic E-state index is 11.8. The first kappa shape index (κ1) is 11.2. The number of aromatic nitrogens is 1. The van der Waals surface area contributed by atoms with Crippen LogP contribution in [0, 0.1) is 0 Å². The first-order chi connectivity index (χ1) is 8.16. The lowest BCUT2D eigenvalue weighted by Crippen LogP contribution is -2.26. The molecule has 0 aromatic carbocycles. The Kier molecular flexibility index (Phi) is 3.09. The van der Waals surface area contributed by atoms with Crippen molar-refractivity contribution in [1.82, 2.24) is 10.3 Å². The van der Waals surface area contributed by atoms with Crippen molar-refractivity contribution in [3.05, 3.63) is 48.0 Å². The van der Waals surface area contributed by atoms with Crippen molar-refractivity contribution in [1.29, 1.82) is 0 Å². The normalized spacial score (nSPS) is 12.1. The summed E-state index contributed by atoms with van der Waals surface area (Å²) in [4.78, 5) is 15.7. The summed E-state index contributed by atoms with van der Waals surface area (Å²) in [7, 11) is 0. The van der Waals surface area contributed by atoms with Crippen LogP contribution in [-0.4, -0.2) is 10.9 Å². The highest BCUT2D eigenvalue weighted by molar-refractivity contribution is 5.94. The summed E-state index contributed by atoms with van der Waals surface area (Å²) in [6, 6.07) is 6.63. The number of rotatable bonds is 3. The van der Waals surface area contributed by atoms with E-state index in [0.717, 1.165) is 0 Å². The van der Waals surface area contributed by atoms with Gasteiger partial charge in [-0.3, -0.25) is 4.79 Å². The molecule has 0 saturated heterocycles. The van der Waals surface area contributed by atoms with Gasteiger partial charge >= 0.3 is 0 Å². The number of furan rings is 1. The van der Waals surface area contributed by atoms with Gasteiger partial charge in [-0.05, 0) is 31.2 Å². The highest BCUT2D eigenvalue weighted by Crippen LogP contribution is 2.13. The van der Waals surface area contributed by atoms with Gasteiger partial charge in [-0.25, -0.2) is 4.98 Å². The van der Waals surface area contributed by atoms with Crippen LogP contribution in [0.4, 0.5) is 5.82 Å². The fourth-order valence-corrected chi connectivity index (χ4v) is 1.43. The fraction of sp³-hybridized carbons (Fsp3) is 0.167. The minimum absolute atomic E-state index is 0.185. The summed E-state index contributed by atoms with van der Waals surface area (Å²) in [6.07, 6.45) is 3.02. The molecule has 1 amide bonds. The number of carbonyl (C=O) groups excluding carboxylic acids is 1. The van der Waals surface area contributed by atoms with Crippen molar-refractivity contribution < 1.29 is 9.21 Å². The number of nitrogens with zero attached hydrogens (tertiary/aromatic N) is 1. The third-order valence-corrected chi connectivity index (χ3v) is 2.37. The summed E-state index contributed by atoms with van der Waals surface area (Å²) in [5.41, 5.74) is 5.92. The zero-order chi connectivity index (χ0) is 12.3. The summed E-state index contributed by atoms with van der Waals surface area (Å²) >= 11 is 0. The molecule has 0 radical (unpaired) electrons. The van der Waals surface area contributed by atoms with Crippen LogP contribution in [0.15, 0.2) is 41.1 Å². The molecule has 0 fully saturated rings. The van der Waals surface area contributed by atoms with E-state index in [1.807, 2.05) is 13.0 Å². The smallest absolute Gasteiger partial charge is 0.253 e. The number of nitrogens with one attached hydrogen (secondary N) is 1. The fourth-order valence-electron chi connectivity index (χ4n) is 1.43. The molecule has 2 aromatic rings. The van der Waals surface area contributed by atoms with E-state index in [0.29, 0.717) is 17.1 Å². The lowest BCUT2D eigenvalue weighted by molar-refractivity contribution is 0.0935. The number of nitrogens with two attached hydrogens (primary N) is 1. The predicted octanol–water partition coefficient (Wildman–Crippen LogP) is 1.75. The second-order valence-corrected chi connectivity index (χ2v) is 3.68. The number of nitrogen functional groups attached to an aromatic ring is 1. The van der Waals surface area contributed by atoms with E-state index >= 15 is 0 Å². The van der Waals surface area contributed by atoms with Gasteiger partial charge in [0.25, 0.3) is 5.91 Å². The Bertz CT molecular complexity index is 491. The largest absolute Gasteiger partial charge is 0.467 e. The van der Waals surface area contributed by atoms with E-state index in [-0.39, 0.29) is 11.9 Å². The second-order valence-electron chi connectivity index (χ2n) is 3.68. The molecule has 2 rings (SSSR count). The van der Waals surface area contributed by atoms with E-state index in [9.17, 15) is 4.79 Å².